The van der Waals surface area contributed by atoms with Gasteiger partial charge in [-0.15, -0.1) is 0 Å². The molecule has 1 amide bonds. The minimum absolute atomic E-state index is 0.132. The molecule has 0 bridgehead atoms. The Hall–Kier alpha value is -2.36. The number of nitrogens with zero attached hydrogens (tertiary/aromatic N) is 3. The lowest BCUT2D eigenvalue weighted by Gasteiger charge is -2.30. The number of hydrogen-bond donors (Lipinski definition) is 0. The smallest absolute Gasteiger partial charge is 0.254 e. The van der Waals surface area contributed by atoms with Crippen LogP contribution in [0.3, 0.4) is 0 Å². The molecule has 3 heterocycles. The van der Waals surface area contributed by atoms with Crippen molar-refractivity contribution in [3.8, 4) is 0 Å². The Morgan fingerprint density at radius 2 is 1.81 bits per heavy atom. The Morgan fingerprint density at radius 3 is 2.54 bits per heavy atom. The van der Waals surface area contributed by atoms with E-state index in [4.69, 9.17) is 4.98 Å². The van der Waals surface area contributed by atoms with Gasteiger partial charge in [-0.3, -0.25) is 4.79 Å². The Labute approximate surface area is 155 Å². The van der Waals surface area contributed by atoms with Crippen molar-refractivity contribution in [1.82, 2.24) is 9.88 Å². The van der Waals surface area contributed by atoms with Crippen LogP contribution in [0, 0.1) is 6.92 Å². The number of rotatable bonds is 3. The Balaban J connectivity index is 1.57. The number of hydrogen-bond acceptors (Lipinski definition) is 3. The fourth-order valence-electron chi connectivity index (χ4n) is 4.28. The molecule has 0 saturated carbocycles. The van der Waals surface area contributed by atoms with Crippen molar-refractivity contribution in [2.75, 3.05) is 24.5 Å². The van der Waals surface area contributed by atoms with Crippen molar-refractivity contribution in [2.24, 2.45) is 0 Å². The topological polar surface area (TPSA) is 36.4 Å². The summed E-state index contributed by atoms with van der Waals surface area (Å²) >= 11 is 0. The Morgan fingerprint density at radius 1 is 1.04 bits per heavy atom. The van der Waals surface area contributed by atoms with Gasteiger partial charge in [0.15, 0.2) is 0 Å². The minimum atomic E-state index is 0.132. The fourth-order valence-corrected chi connectivity index (χ4v) is 4.28. The van der Waals surface area contributed by atoms with Crippen molar-refractivity contribution >= 4 is 11.7 Å². The van der Waals surface area contributed by atoms with Crippen molar-refractivity contribution in [2.45, 2.75) is 45.1 Å². The van der Waals surface area contributed by atoms with E-state index in [1.54, 1.807) is 0 Å². The van der Waals surface area contributed by atoms with E-state index in [1.807, 2.05) is 41.4 Å². The van der Waals surface area contributed by atoms with E-state index in [1.165, 1.54) is 30.4 Å². The van der Waals surface area contributed by atoms with Crippen LogP contribution in [0.25, 0.3) is 0 Å². The van der Waals surface area contributed by atoms with E-state index < -0.39 is 0 Å². The number of aryl methyl sites for hydroxylation is 1. The molecule has 4 rings (SSSR count). The molecule has 0 spiro atoms. The second-order valence-corrected chi connectivity index (χ2v) is 7.47. The second kappa shape index (κ2) is 7.48. The van der Waals surface area contributed by atoms with Crippen LogP contribution >= 0.6 is 0 Å². The number of carbonyl (C=O) groups is 1. The molecule has 1 aromatic heterocycles. The molecule has 0 N–H and O–H groups in total. The number of benzene rings is 1. The van der Waals surface area contributed by atoms with Gasteiger partial charge in [0.05, 0.1) is 6.04 Å². The van der Waals surface area contributed by atoms with Crippen molar-refractivity contribution in [3.05, 3.63) is 59.3 Å². The summed E-state index contributed by atoms with van der Waals surface area (Å²) in [6.07, 6.45) is 7.92. The van der Waals surface area contributed by atoms with Gasteiger partial charge in [0, 0.05) is 31.4 Å². The maximum Gasteiger partial charge on any atom is 0.254 e. The summed E-state index contributed by atoms with van der Waals surface area (Å²) in [5.74, 6) is 1.22. The summed E-state index contributed by atoms with van der Waals surface area (Å²) < 4.78 is 0. The first-order chi connectivity index (χ1) is 12.7. The van der Waals surface area contributed by atoms with Crippen LogP contribution in [0.2, 0.25) is 0 Å². The highest BCUT2D eigenvalue weighted by atomic mass is 16.2. The molecular formula is C22H27N3O. The van der Waals surface area contributed by atoms with Crippen molar-refractivity contribution < 1.29 is 4.79 Å². The number of piperidine rings is 1. The standard InChI is InChI=1S/C22H27N3O/c1-17-15-21(24-12-6-3-7-13-24)23-16-19(17)20-11-8-14-25(20)22(26)18-9-4-2-5-10-18/h2,4-5,9-10,15-16,20H,3,6-8,11-14H2,1H3. The van der Waals surface area contributed by atoms with E-state index in [-0.39, 0.29) is 11.9 Å². The molecule has 2 fully saturated rings. The van der Waals surface area contributed by atoms with Crippen LogP contribution in [0.1, 0.15) is 59.6 Å². The van der Waals surface area contributed by atoms with Crippen LogP contribution in [-0.4, -0.2) is 35.4 Å². The van der Waals surface area contributed by atoms with Gasteiger partial charge in [0.1, 0.15) is 5.82 Å². The van der Waals surface area contributed by atoms with Crippen molar-refractivity contribution in [1.29, 1.82) is 0 Å². The largest absolute Gasteiger partial charge is 0.357 e. The van der Waals surface area contributed by atoms with Gasteiger partial charge in [-0.05, 0) is 68.4 Å². The predicted molar refractivity (Wildman–Crippen MR) is 104 cm³/mol. The zero-order valence-corrected chi connectivity index (χ0v) is 15.5. The average Bonchev–Trinajstić information content (AvgIpc) is 3.18. The molecule has 2 saturated heterocycles. The fraction of sp³-hybridized carbons (Fsp3) is 0.455. The molecule has 2 aliphatic rings. The number of likely N-dealkylation sites (tertiary alicyclic amines) is 1. The summed E-state index contributed by atoms with van der Waals surface area (Å²) in [5.41, 5.74) is 3.22. The van der Waals surface area contributed by atoms with Crippen LogP contribution in [0.4, 0.5) is 5.82 Å². The number of pyridine rings is 1. The molecule has 26 heavy (non-hydrogen) atoms. The van der Waals surface area contributed by atoms with Crippen molar-refractivity contribution in [3.63, 3.8) is 0 Å². The number of aromatic nitrogens is 1. The first-order valence-corrected chi connectivity index (χ1v) is 9.81. The molecule has 1 atom stereocenters. The quantitative estimate of drug-likeness (QED) is 0.826. The minimum Gasteiger partial charge on any atom is -0.357 e. The summed E-state index contributed by atoms with van der Waals surface area (Å²) in [6, 6.07) is 12.0. The van der Waals surface area contributed by atoms with E-state index in [0.29, 0.717) is 0 Å². The number of carbonyl (C=O) groups excluding carboxylic acids is 1. The van der Waals surface area contributed by atoms with Gasteiger partial charge in [-0.2, -0.15) is 0 Å². The highest BCUT2D eigenvalue weighted by molar-refractivity contribution is 5.94. The predicted octanol–water partition coefficient (Wildman–Crippen LogP) is 4.36. The van der Waals surface area contributed by atoms with Gasteiger partial charge in [-0.1, -0.05) is 18.2 Å². The van der Waals surface area contributed by atoms with Crippen LogP contribution in [0.5, 0.6) is 0 Å². The van der Waals surface area contributed by atoms with Crippen LogP contribution in [-0.2, 0) is 0 Å². The maximum atomic E-state index is 13.0. The molecule has 4 heteroatoms. The molecule has 0 aliphatic carbocycles. The van der Waals surface area contributed by atoms with Gasteiger partial charge >= 0.3 is 0 Å². The van der Waals surface area contributed by atoms with E-state index in [2.05, 4.69) is 17.9 Å². The summed E-state index contributed by atoms with van der Waals surface area (Å²) in [7, 11) is 0. The zero-order valence-electron chi connectivity index (χ0n) is 15.5. The third-order valence-corrected chi connectivity index (χ3v) is 5.71. The van der Waals surface area contributed by atoms with Crippen LogP contribution < -0.4 is 4.90 Å². The van der Waals surface area contributed by atoms with Gasteiger partial charge < -0.3 is 9.80 Å². The van der Waals surface area contributed by atoms with E-state index in [0.717, 1.165) is 43.9 Å². The lowest BCUT2D eigenvalue weighted by molar-refractivity contribution is 0.0735. The lowest BCUT2D eigenvalue weighted by Crippen LogP contribution is -2.32. The Bertz CT molecular complexity index is 768. The monoisotopic (exact) mass is 349 g/mol. The average molecular weight is 349 g/mol. The summed E-state index contributed by atoms with van der Waals surface area (Å²) in [6.45, 7) is 5.20. The third kappa shape index (κ3) is 3.33. The first-order valence-electron chi connectivity index (χ1n) is 9.81. The molecule has 0 radical (unpaired) electrons. The summed E-state index contributed by atoms with van der Waals surface area (Å²) in [5, 5.41) is 0. The first kappa shape index (κ1) is 17.1. The SMILES string of the molecule is Cc1cc(N2CCCCC2)ncc1C1CCCN1C(=O)c1ccccc1. The van der Waals surface area contributed by atoms with E-state index in [9.17, 15) is 4.79 Å². The normalized spacial score (nSPS) is 20.4. The molecule has 1 aromatic carbocycles. The molecule has 1 unspecified atom stereocenters. The molecule has 4 nitrogen and oxygen atoms in total. The van der Waals surface area contributed by atoms with Gasteiger partial charge in [0.2, 0.25) is 0 Å². The maximum absolute atomic E-state index is 13.0. The van der Waals surface area contributed by atoms with Gasteiger partial charge in [0.25, 0.3) is 5.91 Å². The molecule has 2 aromatic rings. The third-order valence-electron chi connectivity index (χ3n) is 5.71. The summed E-state index contributed by atoms with van der Waals surface area (Å²) in [4.78, 5) is 22.1. The Kier molecular flexibility index (Phi) is 4.91. The number of anilines is 1. The highest BCUT2D eigenvalue weighted by Gasteiger charge is 2.31. The lowest BCUT2D eigenvalue weighted by atomic mass is 10.0. The molecular weight excluding hydrogens is 322 g/mol. The zero-order chi connectivity index (χ0) is 17.9. The second-order valence-electron chi connectivity index (χ2n) is 7.47. The highest BCUT2D eigenvalue weighted by Crippen LogP contribution is 2.35. The number of amides is 1. The van der Waals surface area contributed by atoms with Gasteiger partial charge in [-0.25, -0.2) is 4.98 Å². The van der Waals surface area contributed by atoms with Crippen LogP contribution in [0.15, 0.2) is 42.6 Å². The molecule has 2 aliphatic heterocycles. The molecule has 136 valence electrons. The van der Waals surface area contributed by atoms with E-state index >= 15 is 0 Å².